The molecule has 10 heteroatoms. The minimum atomic E-state index is -1.04. The number of aromatic nitrogens is 1. The second-order valence-corrected chi connectivity index (χ2v) is 8.60. The molecule has 0 bridgehead atoms. The van der Waals surface area contributed by atoms with E-state index in [1.807, 2.05) is 6.26 Å². The number of halogens is 2. The second kappa shape index (κ2) is 7.54. The molecule has 2 atom stereocenters. The third-order valence-corrected chi connectivity index (χ3v) is 5.55. The maximum atomic E-state index is 12.6. The Bertz CT molecular complexity index is 895. The molecule has 1 aromatic heterocycles. The van der Waals surface area contributed by atoms with Crippen LogP contribution in [0.2, 0.25) is 0 Å². The number of amides is 2. The summed E-state index contributed by atoms with van der Waals surface area (Å²) in [6.07, 6.45) is 2.76. The van der Waals surface area contributed by atoms with Gasteiger partial charge in [-0.15, -0.1) is 23.2 Å². The Morgan fingerprint density at radius 1 is 1.46 bits per heavy atom. The van der Waals surface area contributed by atoms with Crippen LogP contribution in [0.15, 0.2) is 27.4 Å². The lowest BCUT2D eigenvalue weighted by molar-refractivity contribution is -0.127. The van der Waals surface area contributed by atoms with Crippen molar-refractivity contribution >= 4 is 63.6 Å². The molecule has 140 valence electrons. The largest absolute Gasteiger partial charge is 0.417 e. The lowest BCUT2D eigenvalue weighted by Crippen LogP contribution is -2.45. The molecular weight excluding hydrogens is 401 g/mol. The van der Waals surface area contributed by atoms with Gasteiger partial charge in [0.05, 0.1) is 11.4 Å². The molecule has 1 saturated carbocycles. The Labute approximate surface area is 163 Å². The van der Waals surface area contributed by atoms with Crippen LogP contribution in [0, 0.1) is 5.92 Å². The molecule has 0 radical (unpaired) electrons. The van der Waals surface area contributed by atoms with Gasteiger partial charge in [0.1, 0.15) is 10.4 Å². The molecule has 1 aliphatic carbocycles. The maximum absolute atomic E-state index is 12.6. The van der Waals surface area contributed by atoms with Crippen LogP contribution < -0.4 is 16.4 Å². The van der Waals surface area contributed by atoms with Gasteiger partial charge in [-0.1, -0.05) is 0 Å². The highest BCUT2D eigenvalue weighted by molar-refractivity contribution is 7.98. The summed E-state index contributed by atoms with van der Waals surface area (Å²) in [4.78, 5) is 38.5. The van der Waals surface area contributed by atoms with Gasteiger partial charge in [0.25, 0.3) is 0 Å². The second-order valence-electron chi connectivity index (χ2n) is 6.08. The van der Waals surface area contributed by atoms with Crippen LogP contribution in [0.25, 0.3) is 11.1 Å². The van der Waals surface area contributed by atoms with Crippen molar-refractivity contribution in [2.45, 2.75) is 23.2 Å². The molecule has 1 fully saturated rings. The standard InChI is InChI=1S/C16H17Cl2N3O4S/c1-26-5-4-10(20-13(22)9-7-16(9,17)18)14(23)19-8-2-3-12-11(6-8)21-15(24)25-12/h2-3,6,9-10H,4-5,7H2,1H3,(H,19,23)(H,20,22)(H,21,24). The number of fused-ring (bicyclic) bond motifs is 1. The van der Waals surface area contributed by atoms with Crippen LogP contribution in [-0.2, 0) is 9.59 Å². The summed E-state index contributed by atoms with van der Waals surface area (Å²) < 4.78 is 3.89. The maximum Gasteiger partial charge on any atom is 0.417 e. The number of nitrogens with one attached hydrogen (secondary N) is 3. The van der Waals surface area contributed by atoms with E-state index in [0.717, 1.165) is 0 Å². The van der Waals surface area contributed by atoms with E-state index in [-0.39, 0.29) is 11.8 Å². The molecule has 0 saturated heterocycles. The number of H-pyrrole nitrogens is 1. The number of aromatic amines is 1. The first-order valence-corrected chi connectivity index (χ1v) is 10.1. The number of carbonyl (C=O) groups is 2. The number of carbonyl (C=O) groups excluding carboxylic acids is 2. The van der Waals surface area contributed by atoms with Crippen LogP contribution >= 0.6 is 35.0 Å². The van der Waals surface area contributed by atoms with Gasteiger partial charge < -0.3 is 15.1 Å². The monoisotopic (exact) mass is 417 g/mol. The molecule has 1 aliphatic rings. The summed E-state index contributed by atoms with van der Waals surface area (Å²) in [7, 11) is 0. The molecule has 2 unspecified atom stereocenters. The lowest BCUT2D eigenvalue weighted by atomic mass is 10.2. The molecule has 0 aliphatic heterocycles. The van der Waals surface area contributed by atoms with Crippen LogP contribution in [0.4, 0.5) is 5.69 Å². The fraction of sp³-hybridized carbons (Fsp3) is 0.438. The average molecular weight is 418 g/mol. The van der Waals surface area contributed by atoms with Crippen LogP contribution in [0.3, 0.4) is 0 Å². The smallest absolute Gasteiger partial charge is 0.408 e. The number of alkyl halides is 2. The van der Waals surface area contributed by atoms with Crippen molar-refractivity contribution < 1.29 is 14.0 Å². The summed E-state index contributed by atoms with van der Waals surface area (Å²) >= 11 is 13.4. The van der Waals surface area contributed by atoms with Crippen molar-refractivity contribution in [3.63, 3.8) is 0 Å². The van der Waals surface area contributed by atoms with Gasteiger partial charge in [0.15, 0.2) is 5.58 Å². The number of benzene rings is 1. The third kappa shape index (κ3) is 4.36. The van der Waals surface area contributed by atoms with Crippen molar-refractivity contribution in [3.05, 3.63) is 28.7 Å². The number of thioether (sulfide) groups is 1. The van der Waals surface area contributed by atoms with E-state index in [2.05, 4.69) is 15.6 Å². The zero-order valence-corrected chi connectivity index (χ0v) is 16.1. The van der Waals surface area contributed by atoms with E-state index in [0.29, 0.717) is 35.4 Å². The predicted octanol–water partition coefficient (Wildman–Crippen LogP) is 2.49. The van der Waals surface area contributed by atoms with Crippen molar-refractivity contribution in [1.82, 2.24) is 10.3 Å². The van der Waals surface area contributed by atoms with Gasteiger partial charge in [-0.05, 0) is 43.0 Å². The van der Waals surface area contributed by atoms with E-state index >= 15 is 0 Å². The highest BCUT2D eigenvalue weighted by Gasteiger charge is 2.56. The lowest BCUT2D eigenvalue weighted by Gasteiger charge is -2.18. The first-order valence-electron chi connectivity index (χ1n) is 7.91. The third-order valence-electron chi connectivity index (χ3n) is 4.07. The number of rotatable bonds is 7. The molecule has 1 heterocycles. The van der Waals surface area contributed by atoms with E-state index < -0.39 is 22.0 Å². The van der Waals surface area contributed by atoms with Gasteiger partial charge in [-0.25, -0.2) is 4.79 Å². The van der Waals surface area contributed by atoms with E-state index in [1.54, 1.807) is 30.0 Å². The quantitative estimate of drug-likeness (QED) is 0.600. The minimum Gasteiger partial charge on any atom is -0.408 e. The summed E-state index contributed by atoms with van der Waals surface area (Å²) in [5.74, 6) is -1.05. The molecule has 26 heavy (non-hydrogen) atoms. The molecule has 1 aromatic carbocycles. The normalized spacial score (nSPS) is 19.1. The zero-order chi connectivity index (χ0) is 18.9. The van der Waals surface area contributed by atoms with Gasteiger partial charge in [-0.2, -0.15) is 11.8 Å². The van der Waals surface area contributed by atoms with Crippen LogP contribution in [0.5, 0.6) is 0 Å². The topological polar surface area (TPSA) is 104 Å². The average Bonchev–Trinajstić information content (AvgIpc) is 3.05. The van der Waals surface area contributed by atoms with Gasteiger partial charge in [0.2, 0.25) is 11.8 Å². The number of oxazole rings is 1. The molecule has 3 rings (SSSR count). The van der Waals surface area contributed by atoms with Crippen LogP contribution in [-0.4, -0.2) is 39.2 Å². The Morgan fingerprint density at radius 3 is 2.85 bits per heavy atom. The van der Waals surface area contributed by atoms with Gasteiger partial charge >= 0.3 is 5.76 Å². The van der Waals surface area contributed by atoms with Crippen LogP contribution in [0.1, 0.15) is 12.8 Å². The number of hydrogen-bond acceptors (Lipinski definition) is 5. The Hall–Kier alpha value is -1.64. The highest BCUT2D eigenvalue weighted by Crippen LogP contribution is 2.53. The zero-order valence-electron chi connectivity index (χ0n) is 13.8. The van der Waals surface area contributed by atoms with E-state index in [4.69, 9.17) is 27.6 Å². The van der Waals surface area contributed by atoms with Crippen molar-refractivity contribution in [3.8, 4) is 0 Å². The highest BCUT2D eigenvalue weighted by atomic mass is 35.5. The van der Waals surface area contributed by atoms with Crippen molar-refractivity contribution in [1.29, 1.82) is 0 Å². The first kappa shape index (κ1) is 19.1. The minimum absolute atomic E-state index is 0.328. The summed E-state index contributed by atoms with van der Waals surface area (Å²) in [5.41, 5.74) is 1.36. The number of hydrogen-bond donors (Lipinski definition) is 3. The van der Waals surface area contributed by atoms with E-state index in [1.165, 1.54) is 0 Å². The Balaban J connectivity index is 1.69. The Morgan fingerprint density at radius 2 is 2.19 bits per heavy atom. The summed E-state index contributed by atoms with van der Waals surface area (Å²) in [5, 5.41) is 5.47. The summed E-state index contributed by atoms with van der Waals surface area (Å²) in [6.45, 7) is 0. The predicted molar refractivity (Wildman–Crippen MR) is 103 cm³/mol. The van der Waals surface area contributed by atoms with Crippen molar-refractivity contribution in [2.75, 3.05) is 17.3 Å². The molecule has 3 N–H and O–H groups in total. The van der Waals surface area contributed by atoms with Crippen molar-refractivity contribution in [2.24, 2.45) is 5.92 Å². The fourth-order valence-corrected chi connectivity index (χ4v) is 3.51. The van der Waals surface area contributed by atoms with Gasteiger partial charge in [-0.3, -0.25) is 14.6 Å². The van der Waals surface area contributed by atoms with Gasteiger partial charge in [0, 0.05) is 5.69 Å². The molecule has 2 amide bonds. The van der Waals surface area contributed by atoms with E-state index in [9.17, 15) is 14.4 Å². The SMILES string of the molecule is CSCCC(NC(=O)C1CC1(Cl)Cl)C(=O)Nc1ccc2oc(=O)[nH]c2c1. The fourth-order valence-electron chi connectivity index (χ4n) is 2.53. The first-order chi connectivity index (χ1) is 12.3. The Kier molecular flexibility index (Phi) is 5.55. The molecular formula is C16H17Cl2N3O4S. The number of anilines is 1. The molecule has 2 aromatic rings. The molecule has 7 nitrogen and oxygen atoms in total. The summed E-state index contributed by atoms with van der Waals surface area (Å²) in [6, 6.07) is 4.08. The molecule has 0 spiro atoms.